The topological polar surface area (TPSA) is 18.5 Å². The molecule has 1 aliphatic rings. The summed E-state index contributed by atoms with van der Waals surface area (Å²) >= 11 is 0. The summed E-state index contributed by atoms with van der Waals surface area (Å²) in [5, 5.41) is 0. The summed E-state index contributed by atoms with van der Waals surface area (Å²) < 4.78 is 10.6. The molecule has 1 aromatic carbocycles. The summed E-state index contributed by atoms with van der Waals surface area (Å²) in [4.78, 5) is 0. The summed E-state index contributed by atoms with van der Waals surface area (Å²) in [6.45, 7) is 5.52. The molecule has 0 saturated heterocycles. The van der Waals surface area contributed by atoms with Crippen LogP contribution in [0.1, 0.15) is 25.0 Å². The fourth-order valence-electron chi connectivity index (χ4n) is 1.74. The zero-order valence-electron chi connectivity index (χ0n) is 8.75. The zero-order chi connectivity index (χ0) is 9.97. The molecule has 14 heavy (non-hydrogen) atoms. The predicted octanol–water partition coefficient (Wildman–Crippen LogP) is 2.75. The van der Waals surface area contributed by atoms with Crippen molar-refractivity contribution in [3.8, 4) is 5.75 Å². The Morgan fingerprint density at radius 2 is 2.21 bits per heavy atom. The van der Waals surface area contributed by atoms with E-state index in [9.17, 15) is 0 Å². The second-order valence-corrected chi connectivity index (χ2v) is 4.15. The van der Waals surface area contributed by atoms with Crippen LogP contribution >= 0.6 is 0 Å². The van der Waals surface area contributed by atoms with Crippen LogP contribution < -0.4 is 4.74 Å². The van der Waals surface area contributed by atoms with E-state index in [-0.39, 0.29) is 0 Å². The second kappa shape index (κ2) is 4.01. The van der Waals surface area contributed by atoms with Crippen LogP contribution in [-0.4, -0.2) is 6.79 Å². The van der Waals surface area contributed by atoms with Crippen molar-refractivity contribution in [1.82, 2.24) is 0 Å². The highest BCUT2D eigenvalue weighted by molar-refractivity contribution is 5.37. The number of hydrogen-bond acceptors (Lipinski definition) is 2. The third-order valence-electron chi connectivity index (χ3n) is 2.32. The van der Waals surface area contributed by atoms with E-state index in [1.165, 1.54) is 11.1 Å². The Bertz CT molecular complexity index is 318. The molecule has 0 spiro atoms. The van der Waals surface area contributed by atoms with Gasteiger partial charge in [-0.05, 0) is 30.0 Å². The molecule has 2 heteroatoms. The van der Waals surface area contributed by atoms with Gasteiger partial charge in [0.25, 0.3) is 0 Å². The first kappa shape index (κ1) is 9.53. The SMILES string of the molecule is CC(C)Cc1ccc2c(c1)COCO2. The quantitative estimate of drug-likeness (QED) is 0.717. The zero-order valence-corrected chi connectivity index (χ0v) is 8.75. The Hall–Kier alpha value is -1.02. The van der Waals surface area contributed by atoms with Crippen molar-refractivity contribution in [2.24, 2.45) is 5.92 Å². The van der Waals surface area contributed by atoms with E-state index in [0.29, 0.717) is 19.3 Å². The fourth-order valence-corrected chi connectivity index (χ4v) is 1.74. The fraction of sp³-hybridized carbons (Fsp3) is 0.500. The van der Waals surface area contributed by atoms with E-state index in [4.69, 9.17) is 9.47 Å². The van der Waals surface area contributed by atoms with E-state index in [1.807, 2.05) is 0 Å². The Labute approximate surface area is 84.8 Å². The predicted molar refractivity (Wildman–Crippen MR) is 55.3 cm³/mol. The van der Waals surface area contributed by atoms with Crippen LogP contribution in [0.15, 0.2) is 18.2 Å². The van der Waals surface area contributed by atoms with Gasteiger partial charge in [-0.15, -0.1) is 0 Å². The van der Waals surface area contributed by atoms with Gasteiger partial charge in [-0.1, -0.05) is 19.9 Å². The lowest BCUT2D eigenvalue weighted by Crippen LogP contribution is -2.11. The maximum Gasteiger partial charge on any atom is 0.189 e. The van der Waals surface area contributed by atoms with Gasteiger partial charge in [0.1, 0.15) is 5.75 Å². The van der Waals surface area contributed by atoms with E-state index in [2.05, 4.69) is 32.0 Å². The average Bonchev–Trinajstić information content (AvgIpc) is 2.17. The van der Waals surface area contributed by atoms with Crippen molar-refractivity contribution < 1.29 is 9.47 Å². The minimum Gasteiger partial charge on any atom is -0.467 e. The van der Waals surface area contributed by atoms with Crippen LogP contribution in [0.4, 0.5) is 0 Å². The largest absolute Gasteiger partial charge is 0.467 e. The van der Waals surface area contributed by atoms with E-state index >= 15 is 0 Å². The van der Waals surface area contributed by atoms with E-state index in [0.717, 1.165) is 12.2 Å². The molecule has 0 fully saturated rings. The number of fused-ring (bicyclic) bond motifs is 1. The number of hydrogen-bond donors (Lipinski definition) is 0. The molecule has 0 aliphatic carbocycles. The van der Waals surface area contributed by atoms with Crippen LogP contribution in [0.5, 0.6) is 5.75 Å². The first-order valence-electron chi connectivity index (χ1n) is 5.08. The lowest BCUT2D eigenvalue weighted by molar-refractivity contribution is -0.0164. The lowest BCUT2D eigenvalue weighted by atomic mass is 10.0. The highest BCUT2D eigenvalue weighted by Crippen LogP contribution is 2.25. The van der Waals surface area contributed by atoms with Gasteiger partial charge in [0.05, 0.1) is 6.61 Å². The van der Waals surface area contributed by atoms with Crippen molar-refractivity contribution in [2.75, 3.05) is 6.79 Å². The summed E-state index contributed by atoms with van der Waals surface area (Å²) in [6, 6.07) is 6.38. The highest BCUT2D eigenvalue weighted by atomic mass is 16.7. The van der Waals surface area contributed by atoms with Gasteiger partial charge in [-0.25, -0.2) is 0 Å². The smallest absolute Gasteiger partial charge is 0.189 e. The molecule has 0 radical (unpaired) electrons. The van der Waals surface area contributed by atoms with Gasteiger partial charge in [-0.2, -0.15) is 0 Å². The average molecular weight is 192 g/mol. The normalized spacial score (nSPS) is 15.1. The molecule has 0 N–H and O–H groups in total. The minimum absolute atomic E-state index is 0.385. The molecule has 0 unspecified atom stereocenters. The molecule has 76 valence electrons. The maximum atomic E-state index is 5.36. The van der Waals surface area contributed by atoms with Crippen LogP contribution in [0, 0.1) is 5.92 Å². The monoisotopic (exact) mass is 192 g/mol. The first-order valence-corrected chi connectivity index (χ1v) is 5.08. The van der Waals surface area contributed by atoms with E-state index in [1.54, 1.807) is 0 Å². The number of benzene rings is 1. The molecule has 1 aliphatic heterocycles. The van der Waals surface area contributed by atoms with Gasteiger partial charge >= 0.3 is 0 Å². The van der Waals surface area contributed by atoms with Crippen molar-refractivity contribution >= 4 is 0 Å². The second-order valence-electron chi connectivity index (χ2n) is 4.15. The van der Waals surface area contributed by atoms with Crippen molar-refractivity contribution in [2.45, 2.75) is 26.9 Å². The molecule has 1 aromatic rings. The third-order valence-corrected chi connectivity index (χ3v) is 2.32. The minimum atomic E-state index is 0.385. The summed E-state index contributed by atoms with van der Waals surface area (Å²) in [5.41, 5.74) is 2.54. The molecule has 2 nitrogen and oxygen atoms in total. The first-order chi connectivity index (χ1) is 6.75. The molecule has 0 atom stereocenters. The maximum absolute atomic E-state index is 5.36. The lowest BCUT2D eigenvalue weighted by Gasteiger charge is -2.18. The highest BCUT2D eigenvalue weighted by Gasteiger charge is 2.10. The van der Waals surface area contributed by atoms with Gasteiger partial charge < -0.3 is 9.47 Å². The van der Waals surface area contributed by atoms with Crippen LogP contribution in [0.3, 0.4) is 0 Å². The Kier molecular flexibility index (Phi) is 2.73. The molecular weight excluding hydrogens is 176 g/mol. The van der Waals surface area contributed by atoms with Crippen LogP contribution in [-0.2, 0) is 17.8 Å². The van der Waals surface area contributed by atoms with Gasteiger partial charge in [0, 0.05) is 5.56 Å². The number of ether oxygens (including phenoxy) is 2. The number of rotatable bonds is 2. The van der Waals surface area contributed by atoms with Crippen molar-refractivity contribution in [3.63, 3.8) is 0 Å². The van der Waals surface area contributed by atoms with Gasteiger partial charge in [0.2, 0.25) is 0 Å². The van der Waals surface area contributed by atoms with Crippen LogP contribution in [0.2, 0.25) is 0 Å². The van der Waals surface area contributed by atoms with E-state index < -0.39 is 0 Å². The van der Waals surface area contributed by atoms with Crippen molar-refractivity contribution in [3.05, 3.63) is 29.3 Å². The molecular formula is C12H16O2. The van der Waals surface area contributed by atoms with Crippen LogP contribution in [0.25, 0.3) is 0 Å². The summed E-state index contributed by atoms with van der Waals surface area (Å²) in [7, 11) is 0. The molecule has 0 aromatic heterocycles. The standard InChI is InChI=1S/C12H16O2/c1-9(2)5-10-3-4-12-11(6-10)7-13-8-14-12/h3-4,6,9H,5,7-8H2,1-2H3. The van der Waals surface area contributed by atoms with Gasteiger partial charge in [0.15, 0.2) is 6.79 Å². The summed E-state index contributed by atoms with van der Waals surface area (Å²) in [6.07, 6.45) is 1.12. The summed E-state index contributed by atoms with van der Waals surface area (Å²) in [5.74, 6) is 1.67. The Morgan fingerprint density at radius 3 is 3.00 bits per heavy atom. The molecule has 0 saturated carbocycles. The van der Waals surface area contributed by atoms with Gasteiger partial charge in [-0.3, -0.25) is 0 Å². The third kappa shape index (κ3) is 2.07. The Morgan fingerprint density at radius 1 is 1.36 bits per heavy atom. The molecule has 2 rings (SSSR count). The molecule has 0 bridgehead atoms. The molecule has 1 heterocycles. The van der Waals surface area contributed by atoms with Crippen molar-refractivity contribution in [1.29, 1.82) is 0 Å². The Balaban J connectivity index is 2.20. The molecule has 0 amide bonds.